The molecule has 2 aliphatic rings. The van der Waals surface area contributed by atoms with Crippen LogP contribution in [0.25, 0.3) is 0 Å². The Morgan fingerprint density at radius 3 is 2.33 bits per heavy atom. The maximum Gasteiger partial charge on any atom is 0.262 e. The van der Waals surface area contributed by atoms with Gasteiger partial charge in [0, 0.05) is 49.3 Å². The Labute approximate surface area is 305 Å². The van der Waals surface area contributed by atoms with E-state index in [2.05, 4.69) is 25.5 Å². The summed E-state index contributed by atoms with van der Waals surface area (Å²) in [6.45, 7) is 9.31. The van der Waals surface area contributed by atoms with E-state index in [0.29, 0.717) is 29.5 Å². The first-order chi connectivity index (χ1) is 25.4. The van der Waals surface area contributed by atoms with Crippen molar-refractivity contribution < 1.29 is 28.5 Å². The molecule has 6 rings (SSSR count). The molecule has 2 amide bonds. The predicted molar refractivity (Wildman–Crippen MR) is 200 cm³/mol. The third kappa shape index (κ3) is 9.70. The fourth-order valence-corrected chi connectivity index (χ4v) is 6.44. The van der Waals surface area contributed by atoms with E-state index in [9.17, 15) is 9.59 Å². The molecule has 2 saturated heterocycles. The van der Waals surface area contributed by atoms with Crippen LogP contribution in [0.15, 0.2) is 66.9 Å². The number of likely N-dealkylation sites (tertiary alicyclic amines) is 2. The molecule has 52 heavy (non-hydrogen) atoms. The Morgan fingerprint density at radius 2 is 1.56 bits per heavy atom. The first-order valence-electron chi connectivity index (χ1n) is 18.1. The number of ether oxygens (including phenoxy) is 4. The summed E-state index contributed by atoms with van der Waals surface area (Å²) in [6, 6.07) is 18.4. The van der Waals surface area contributed by atoms with Gasteiger partial charge >= 0.3 is 0 Å². The Kier molecular flexibility index (Phi) is 12.4. The lowest BCUT2D eigenvalue weighted by molar-refractivity contribution is -0.132. The van der Waals surface area contributed by atoms with Crippen molar-refractivity contribution in [2.45, 2.75) is 52.4 Å². The van der Waals surface area contributed by atoms with Crippen molar-refractivity contribution in [3.8, 4) is 28.9 Å². The van der Waals surface area contributed by atoms with Gasteiger partial charge in [0.15, 0.2) is 18.1 Å². The number of carbonyl (C=O) groups is 2. The minimum Gasteiger partial charge on any atom is -0.493 e. The third-order valence-corrected chi connectivity index (χ3v) is 9.31. The van der Waals surface area contributed by atoms with Crippen molar-refractivity contribution in [1.29, 1.82) is 0 Å². The van der Waals surface area contributed by atoms with Crippen LogP contribution in [0.5, 0.6) is 28.9 Å². The largest absolute Gasteiger partial charge is 0.493 e. The molecule has 0 spiro atoms. The number of piperidine rings is 1. The normalized spacial score (nSPS) is 14.5. The van der Waals surface area contributed by atoms with Gasteiger partial charge in [-0.1, -0.05) is 30.7 Å². The lowest BCUT2D eigenvalue weighted by Gasteiger charge is -2.26. The highest BCUT2D eigenvalue weighted by atomic mass is 16.5. The molecule has 0 bridgehead atoms. The van der Waals surface area contributed by atoms with Crippen LogP contribution < -0.4 is 29.6 Å². The van der Waals surface area contributed by atoms with Gasteiger partial charge < -0.3 is 39.4 Å². The Morgan fingerprint density at radius 1 is 0.827 bits per heavy atom. The zero-order valence-electron chi connectivity index (χ0n) is 30.3. The lowest BCUT2D eigenvalue weighted by Crippen LogP contribution is -2.32. The van der Waals surface area contributed by atoms with Crippen molar-refractivity contribution in [3.05, 3.63) is 83.6 Å². The number of hydrogen-bond donors (Lipinski definition) is 2. The number of anilines is 3. The van der Waals surface area contributed by atoms with Crippen molar-refractivity contribution in [1.82, 2.24) is 19.8 Å². The second-order valence-corrected chi connectivity index (χ2v) is 13.2. The summed E-state index contributed by atoms with van der Waals surface area (Å²) in [5, 5.41) is 6.23. The van der Waals surface area contributed by atoms with Gasteiger partial charge in [0.25, 0.3) is 11.8 Å². The van der Waals surface area contributed by atoms with Gasteiger partial charge in [-0.15, -0.1) is 0 Å². The summed E-state index contributed by atoms with van der Waals surface area (Å²) in [7, 11) is 1.51. The predicted octanol–water partition coefficient (Wildman–Crippen LogP) is 7.15. The van der Waals surface area contributed by atoms with Gasteiger partial charge in [-0.3, -0.25) is 9.59 Å². The van der Waals surface area contributed by atoms with E-state index in [0.717, 1.165) is 61.5 Å². The summed E-state index contributed by atoms with van der Waals surface area (Å²) in [5.41, 5.74) is 3.39. The molecule has 4 aromatic rings. The number of para-hydroxylation sites is 1. The van der Waals surface area contributed by atoms with E-state index in [1.165, 1.54) is 45.7 Å². The van der Waals surface area contributed by atoms with Crippen molar-refractivity contribution >= 4 is 29.1 Å². The molecular weight excluding hydrogens is 660 g/mol. The van der Waals surface area contributed by atoms with Crippen LogP contribution in [0.2, 0.25) is 0 Å². The van der Waals surface area contributed by atoms with E-state index in [1.807, 2.05) is 56.3 Å². The van der Waals surface area contributed by atoms with E-state index in [4.69, 9.17) is 18.9 Å². The van der Waals surface area contributed by atoms with Crippen molar-refractivity contribution in [2.75, 3.05) is 63.7 Å². The SMILES string of the molecule is COc1cc(OCC(=O)N2CCCC2)ccc1Oc1nc(Nc2cccc(OCCCN3CCCCC3)c2)ncc1C(=O)Nc1c(C)cccc1C. The number of aromatic nitrogens is 2. The van der Waals surface area contributed by atoms with Crippen molar-refractivity contribution in [2.24, 2.45) is 0 Å². The second kappa shape index (κ2) is 17.7. The summed E-state index contributed by atoms with van der Waals surface area (Å²) in [6.07, 6.45) is 8.29. The molecule has 12 heteroatoms. The Balaban J connectivity index is 1.19. The number of methoxy groups -OCH3 is 1. The van der Waals surface area contributed by atoms with E-state index < -0.39 is 5.91 Å². The van der Waals surface area contributed by atoms with Gasteiger partial charge in [-0.2, -0.15) is 4.98 Å². The van der Waals surface area contributed by atoms with Gasteiger partial charge in [0.1, 0.15) is 17.1 Å². The van der Waals surface area contributed by atoms with Crippen LogP contribution in [0.4, 0.5) is 17.3 Å². The molecule has 2 fully saturated rings. The summed E-state index contributed by atoms with van der Waals surface area (Å²) >= 11 is 0. The highest BCUT2D eigenvalue weighted by Gasteiger charge is 2.22. The maximum atomic E-state index is 13.7. The number of carbonyl (C=O) groups excluding carboxylic acids is 2. The lowest BCUT2D eigenvalue weighted by atomic mass is 10.1. The summed E-state index contributed by atoms with van der Waals surface area (Å²) in [5.74, 6) is 1.57. The van der Waals surface area contributed by atoms with Gasteiger partial charge in [0.05, 0.1) is 13.7 Å². The maximum absolute atomic E-state index is 13.7. The highest BCUT2D eigenvalue weighted by Crippen LogP contribution is 2.36. The fraction of sp³-hybridized carbons (Fsp3) is 0.400. The van der Waals surface area contributed by atoms with E-state index in [1.54, 1.807) is 23.1 Å². The number of amides is 2. The van der Waals surface area contributed by atoms with Crippen LogP contribution in [0, 0.1) is 13.8 Å². The van der Waals surface area contributed by atoms with E-state index in [-0.39, 0.29) is 29.9 Å². The van der Waals surface area contributed by atoms with Crippen LogP contribution in [-0.2, 0) is 4.79 Å². The van der Waals surface area contributed by atoms with Crippen molar-refractivity contribution in [3.63, 3.8) is 0 Å². The number of rotatable bonds is 15. The smallest absolute Gasteiger partial charge is 0.262 e. The number of aryl methyl sites for hydroxylation is 2. The Bertz CT molecular complexity index is 1820. The summed E-state index contributed by atoms with van der Waals surface area (Å²) < 4.78 is 23.8. The van der Waals surface area contributed by atoms with Crippen LogP contribution in [0.1, 0.15) is 60.0 Å². The van der Waals surface area contributed by atoms with Gasteiger partial charge in [0.2, 0.25) is 11.8 Å². The highest BCUT2D eigenvalue weighted by molar-refractivity contribution is 6.06. The van der Waals surface area contributed by atoms with E-state index >= 15 is 0 Å². The molecule has 2 aliphatic heterocycles. The second-order valence-electron chi connectivity index (χ2n) is 13.2. The molecule has 2 N–H and O–H groups in total. The quantitative estimate of drug-likeness (QED) is 0.123. The van der Waals surface area contributed by atoms with Gasteiger partial charge in [-0.05, 0) is 94.4 Å². The Hall–Kier alpha value is -5.36. The topological polar surface area (TPSA) is 127 Å². The fourth-order valence-electron chi connectivity index (χ4n) is 6.44. The standard InChI is InChI=1S/C40H48N6O6/c1-28-12-9-13-29(2)37(28)43-38(48)33-26-41-40(42-30-14-10-15-31(24-30)50-23-11-20-45-18-5-4-6-19-45)44-39(33)52-34-17-16-32(25-35(34)49-3)51-27-36(47)46-21-7-8-22-46/h9-10,12-17,24-26H,4-8,11,18-23,27H2,1-3H3,(H,43,48)(H,41,42,44). The zero-order valence-corrected chi connectivity index (χ0v) is 30.3. The first kappa shape index (κ1) is 36.4. The molecule has 3 heterocycles. The average molecular weight is 709 g/mol. The van der Waals surface area contributed by atoms with Crippen LogP contribution in [0.3, 0.4) is 0 Å². The molecule has 1 aromatic heterocycles. The van der Waals surface area contributed by atoms with Gasteiger partial charge in [-0.25, -0.2) is 4.98 Å². The molecule has 0 unspecified atom stereocenters. The van der Waals surface area contributed by atoms with Crippen LogP contribution >= 0.6 is 0 Å². The number of nitrogens with zero attached hydrogens (tertiary/aromatic N) is 4. The monoisotopic (exact) mass is 708 g/mol. The van der Waals surface area contributed by atoms with Crippen LogP contribution in [-0.4, -0.2) is 84.6 Å². The molecule has 0 saturated carbocycles. The molecular formula is C40H48N6O6. The number of nitrogens with one attached hydrogen (secondary N) is 2. The molecule has 3 aromatic carbocycles. The summed E-state index contributed by atoms with van der Waals surface area (Å²) in [4.78, 5) is 39.7. The third-order valence-electron chi connectivity index (χ3n) is 9.31. The number of benzene rings is 3. The molecule has 0 atom stereocenters. The average Bonchev–Trinajstić information content (AvgIpc) is 3.71. The minimum atomic E-state index is -0.432. The molecule has 274 valence electrons. The molecule has 0 aliphatic carbocycles. The first-order valence-corrected chi connectivity index (χ1v) is 18.1. The molecule has 12 nitrogen and oxygen atoms in total. The minimum absolute atomic E-state index is 0.0162. The number of hydrogen-bond acceptors (Lipinski definition) is 10. The molecule has 0 radical (unpaired) electrons. The zero-order chi connectivity index (χ0) is 36.3.